The van der Waals surface area contributed by atoms with E-state index < -0.39 is 35.9 Å². The third-order valence-corrected chi connectivity index (χ3v) is 5.69. The van der Waals surface area contributed by atoms with Crippen molar-refractivity contribution >= 4 is 17.5 Å². The molecule has 1 fully saturated rings. The van der Waals surface area contributed by atoms with Crippen molar-refractivity contribution in [2.75, 3.05) is 0 Å². The molecule has 33 heavy (non-hydrogen) atoms. The summed E-state index contributed by atoms with van der Waals surface area (Å²) in [5.74, 6) is -1.28. The Morgan fingerprint density at radius 1 is 1.21 bits per heavy atom. The van der Waals surface area contributed by atoms with E-state index in [1.54, 1.807) is 40.5 Å². The van der Waals surface area contributed by atoms with Crippen LogP contribution in [0, 0.1) is 0 Å². The molecule has 0 bridgehead atoms. The molecule has 2 N–H and O–H groups in total. The molecule has 3 aromatic rings. The van der Waals surface area contributed by atoms with Gasteiger partial charge in [0.15, 0.2) is 0 Å². The molecule has 4 rings (SSSR count). The van der Waals surface area contributed by atoms with Crippen LogP contribution in [0.3, 0.4) is 0 Å². The molecule has 0 aliphatic heterocycles. The van der Waals surface area contributed by atoms with Gasteiger partial charge in [-0.15, -0.1) is 0 Å². The van der Waals surface area contributed by atoms with Gasteiger partial charge >= 0.3 is 0 Å². The molecule has 2 atom stereocenters. The van der Waals surface area contributed by atoms with Gasteiger partial charge in [-0.1, -0.05) is 23.7 Å². The lowest BCUT2D eigenvalue weighted by Gasteiger charge is -2.25. The SMILES string of the molecule is O=C(NC(C(O)F)C(F)F)c1cc(-c2ccc(Cl)cc2)nn(-c2cnn(C3CCC3)c2)c1=O. The monoisotopic (exact) mass is 481 g/mol. The molecule has 1 aliphatic carbocycles. The molecular formula is C21H19ClF3N5O3. The molecule has 1 aromatic carbocycles. The summed E-state index contributed by atoms with van der Waals surface area (Å²) in [4.78, 5) is 25.7. The summed E-state index contributed by atoms with van der Waals surface area (Å²) in [5, 5.41) is 19.6. The van der Waals surface area contributed by atoms with E-state index in [1.165, 1.54) is 6.20 Å². The van der Waals surface area contributed by atoms with Gasteiger partial charge in [-0.05, 0) is 37.5 Å². The number of aromatic nitrogens is 4. The lowest BCUT2D eigenvalue weighted by Crippen LogP contribution is -2.48. The molecule has 1 aliphatic rings. The predicted octanol–water partition coefficient (Wildman–Crippen LogP) is 3.13. The number of rotatable bonds is 7. The molecular weight excluding hydrogens is 463 g/mol. The maximum atomic E-state index is 13.2. The highest BCUT2D eigenvalue weighted by Gasteiger charge is 2.32. The number of benzene rings is 1. The van der Waals surface area contributed by atoms with E-state index in [-0.39, 0.29) is 17.4 Å². The summed E-state index contributed by atoms with van der Waals surface area (Å²) in [6.45, 7) is 0. The molecule has 2 aromatic heterocycles. The summed E-state index contributed by atoms with van der Waals surface area (Å²) < 4.78 is 41.9. The fourth-order valence-electron chi connectivity index (χ4n) is 3.36. The molecule has 12 heteroatoms. The van der Waals surface area contributed by atoms with Crippen molar-refractivity contribution in [2.24, 2.45) is 0 Å². The minimum Gasteiger partial charge on any atom is -0.362 e. The smallest absolute Gasteiger partial charge is 0.284 e. The normalized spacial score (nSPS) is 15.8. The first-order valence-corrected chi connectivity index (χ1v) is 10.5. The highest BCUT2D eigenvalue weighted by molar-refractivity contribution is 6.30. The van der Waals surface area contributed by atoms with Gasteiger partial charge < -0.3 is 10.4 Å². The minimum atomic E-state index is -3.39. The van der Waals surface area contributed by atoms with E-state index in [4.69, 9.17) is 16.7 Å². The van der Waals surface area contributed by atoms with E-state index in [2.05, 4.69) is 10.2 Å². The molecule has 1 amide bonds. The van der Waals surface area contributed by atoms with Crippen LogP contribution in [0.2, 0.25) is 5.02 Å². The topological polar surface area (TPSA) is 102 Å². The molecule has 174 valence electrons. The molecule has 8 nitrogen and oxygen atoms in total. The van der Waals surface area contributed by atoms with Crippen LogP contribution in [-0.2, 0) is 0 Å². The summed E-state index contributed by atoms with van der Waals surface area (Å²) >= 11 is 5.92. The summed E-state index contributed by atoms with van der Waals surface area (Å²) in [5.41, 5.74) is -0.545. The number of hydrogen-bond acceptors (Lipinski definition) is 5. The Labute approximate surface area is 190 Å². The minimum absolute atomic E-state index is 0.169. The Morgan fingerprint density at radius 3 is 2.48 bits per heavy atom. The van der Waals surface area contributed by atoms with Crippen molar-refractivity contribution in [3.63, 3.8) is 0 Å². The Hall–Kier alpha value is -3.18. The standard InChI is InChI=1S/C21H19ClF3N5O3/c22-12-6-4-11(5-7-12)16-8-15(20(32)27-17(18(23)24)19(25)31)21(33)30(28-16)14-9-26-29(10-14)13-2-1-3-13/h4-10,13,17-19,31H,1-3H2,(H,27,32). The molecule has 0 spiro atoms. The number of nitrogens with one attached hydrogen (secondary N) is 1. The van der Waals surface area contributed by atoms with Gasteiger partial charge in [-0.25, -0.2) is 13.2 Å². The van der Waals surface area contributed by atoms with Crippen LogP contribution in [0.4, 0.5) is 13.2 Å². The number of alkyl halides is 3. The van der Waals surface area contributed by atoms with Crippen LogP contribution in [-0.4, -0.2) is 49.4 Å². The number of halogens is 4. The average molecular weight is 482 g/mol. The van der Waals surface area contributed by atoms with E-state index in [0.29, 0.717) is 10.6 Å². The molecule has 1 saturated carbocycles. The first-order valence-electron chi connectivity index (χ1n) is 10.1. The lowest BCUT2D eigenvalue weighted by molar-refractivity contribution is -0.0481. The average Bonchev–Trinajstić information content (AvgIpc) is 3.20. The fourth-order valence-corrected chi connectivity index (χ4v) is 3.49. The van der Waals surface area contributed by atoms with Crippen molar-refractivity contribution in [3.8, 4) is 16.9 Å². The number of aliphatic hydroxyl groups is 1. The largest absolute Gasteiger partial charge is 0.362 e. The van der Waals surface area contributed by atoms with Crippen LogP contribution < -0.4 is 10.9 Å². The molecule has 2 heterocycles. The van der Waals surface area contributed by atoms with E-state index >= 15 is 0 Å². The zero-order valence-corrected chi connectivity index (χ0v) is 17.8. The van der Waals surface area contributed by atoms with Crippen molar-refractivity contribution in [1.29, 1.82) is 0 Å². The van der Waals surface area contributed by atoms with Crippen LogP contribution >= 0.6 is 11.6 Å². The number of amides is 1. The Bertz CT molecular complexity index is 1200. The van der Waals surface area contributed by atoms with Gasteiger partial charge in [-0.2, -0.15) is 14.9 Å². The number of hydrogen-bond donors (Lipinski definition) is 2. The first kappa shape index (κ1) is 23.0. The Kier molecular flexibility index (Phi) is 6.52. The van der Waals surface area contributed by atoms with Crippen molar-refractivity contribution in [2.45, 2.75) is 44.1 Å². The maximum absolute atomic E-state index is 13.2. The zero-order valence-electron chi connectivity index (χ0n) is 17.0. The highest BCUT2D eigenvalue weighted by atomic mass is 35.5. The third kappa shape index (κ3) is 4.79. The zero-order chi connectivity index (χ0) is 23.7. The van der Waals surface area contributed by atoms with Gasteiger partial charge in [0.2, 0.25) is 6.36 Å². The highest BCUT2D eigenvalue weighted by Crippen LogP contribution is 2.31. The maximum Gasteiger partial charge on any atom is 0.284 e. The van der Waals surface area contributed by atoms with Gasteiger partial charge in [0, 0.05) is 10.6 Å². The quantitative estimate of drug-likeness (QED) is 0.540. The molecule has 0 radical (unpaired) electrons. The van der Waals surface area contributed by atoms with Crippen molar-refractivity contribution in [3.05, 3.63) is 63.7 Å². The van der Waals surface area contributed by atoms with Crippen LogP contribution in [0.15, 0.2) is 47.5 Å². The van der Waals surface area contributed by atoms with E-state index in [1.807, 2.05) is 0 Å². The number of carbonyl (C=O) groups is 1. The van der Waals surface area contributed by atoms with Crippen LogP contribution in [0.25, 0.3) is 16.9 Å². The fraction of sp³-hybridized carbons (Fsp3) is 0.333. The second-order valence-electron chi connectivity index (χ2n) is 7.64. The molecule has 0 saturated heterocycles. The van der Waals surface area contributed by atoms with Crippen LogP contribution in [0.5, 0.6) is 0 Å². The summed E-state index contributed by atoms with van der Waals surface area (Å²) in [7, 11) is 0. The van der Waals surface area contributed by atoms with Gasteiger partial charge in [0.1, 0.15) is 17.3 Å². The van der Waals surface area contributed by atoms with Gasteiger partial charge in [-0.3, -0.25) is 14.3 Å². The van der Waals surface area contributed by atoms with E-state index in [0.717, 1.165) is 30.0 Å². The third-order valence-electron chi connectivity index (χ3n) is 5.44. The number of carbonyl (C=O) groups excluding carboxylic acids is 1. The second kappa shape index (κ2) is 9.36. The van der Waals surface area contributed by atoms with Crippen molar-refractivity contribution < 1.29 is 23.1 Å². The summed E-state index contributed by atoms with van der Waals surface area (Å²) in [6.07, 6.45) is -0.430. The van der Waals surface area contributed by atoms with Gasteiger partial charge in [0.05, 0.1) is 24.1 Å². The molecule has 2 unspecified atom stereocenters. The summed E-state index contributed by atoms with van der Waals surface area (Å²) in [6, 6.07) is 5.18. The van der Waals surface area contributed by atoms with Gasteiger partial charge in [0.25, 0.3) is 17.9 Å². The second-order valence-corrected chi connectivity index (χ2v) is 8.07. The predicted molar refractivity (Wildman–Crippen MR) is 113 cm³/mol. The lowest BCUT2D eigenvalue weighted by atomic mass is 9.93. The van der Waals surface area contributed by atoms with Crippen LogP contribution in [0.1, 0.15) is 35.7 Å². The first-order chi connectivity index (χ1) is 15.7. The van der Waals surface area contributed by atoms with E-state index in [9.17, 15) is 22.8 Å². The van der Waals surface area contributed by atoms with Crippen molar-refractivity contribution in [1.82, 2.24) is 24.9 Å². The number of aliphatic hydroxyl groups excluding tert-OH is 1. The number of nitrogens with zero attached hydrogens (tertiary/aromatic N) is 4. The Balaban J connectivity index is 1.79. The Morgan fingerprint density at radius 2 is 1.91 bits per heavy atom.